The van der Waals surface area contributed by atoms with Gasteiger partial charge in [0.2, 0.25) is 5.91 Å². The van der Waals surface area contributed by atoms with E-state index in [-0.39, 0.29) is 12.5 Å². The largest absolute Gasteiger partial charge is 0.489 e. The highest BCUT2D eigenvalue weighted by atomic mass is 35.5. The molecule has 1 heterocycles. The van der Waals surface area contributed by atoms with Crippen LogP contribution in [0.15, 0.2) is 36.8 Å². The van der Waals surface area contributed by atoms with E-state index in [1.807, 2.05) is 0 Å². The molecule has 0 unspecified atom stereocenters. The molecule has 1 amide bonds. The van der Waals surface area contributed by atoms with Crippen LogP contribution in [0.2, 0.25) is 15.1 Å². The maximum atomic E-state index is 11.6. The fourth-order valence-corrected chi connectivity index (χ4v) is 2.54. The summed E-state index contributed by atoms with van der Waals surface area (Å²) in [4.78, 5) is 19.5. The number of hydrogen-bond acceptors (Lipinski definition) is 4. The lowest BCUT2D eigenvalue weighted by atomic mass is 10.3. The first-order chi connectivity index (χ1) is 11.1. The van der Waals surface area contributed by atoms with E-state index in [1.54, 1.807) is 24.7 Å². The Morgan fingerprint density at radius 3 is 2.61 bits per heavy atom. The summed E-state index contributed by atoms with van der Waals surface area (Å²) in [6, 6.07) is 3.07. The summed E-state index contributed by atoms with van der Waals surface area (Å²) in [7, 11) is 0. The zero-order valence-corrected chi connectivity index (χ0v) is 14.1. The van der Waals surface area contributed by atoms with Gasteiger partial charge in [0.25, 0.3) is 0 Å². The molecule has 0 saturated heterocycles. The number of hydrogen-bond donors (Lipinski definition) is 1. The maximum Gasteiger partial charge on any atom is 0.244 e. The molecule has 1 aromatic heterocycles. The summed E-state index contributed by atoms with van der Waals surface area (Å²) in [5, 5.41) is 3.72. The molecule has 1 aromatic carbocycles. The quantitative estimate of drug-likeness (QED) is 0.621. The van der Waals surface area contributed by atoms with Crippen LogP contribution in [0.4, 0.5) is 0 Å². The van der Waals surface area contributed by atoms with Crippen molar-refractivity contribution in [2.75, 3.05) is 13.2 Å². The number of carbonyl (C=O) groups is 1. The number of amides is 1. The van der Waals surface area contributed by atoms with Gasteiger partial charge < -0.3 is 10.1 Å². The average Bonchev–Trinajstić information content (AvgIpc) is 2.52. The van der Waals surface area contributed by atoms with Crippen LogP contribution in [0.1, 0.15) is 5.69 Å². The van der Waals surface area contributed by atoms with Gasteiger partial charge in [0, 0.05) is 23.5 Å². The van der Waals surface area contributed by atoms with Crippen LogP contribution in [0.3, 0.4) is 0 Å². The van der Waals surface area contributed by atoms with Crippen molar-refractivity contribution in [3.8, 4) is 5.75 Å². The monoisotopic (exact) mass is 371 g/mol. The zero-order chi connectivity index (χ0) is 16.7. The Kier molecular flexibility index (Phi) is 6.65. The minimum atomic E-state index is -0.271. The van der Waals surface area contributed by atoms with Crippen LogP contribution in [0, 0.1) is 0 Å². The van der Waals surface area contributed by atoms with Crippen molar-refractivity contribution in [2.24, 2.45) is 0 Å². The SMILES string of the molecule is O=C(C=Cc1cnccn1)NCCOc1c(Cl)cc(Cl)cc1Cl. The van der Waals surface area contributed by atoms with Crippen LogP contribution < -0.4 is 10.1 Å². The number of benzene rings is 1. The number of nitrogens with one attached hydrogen (secondary N) is 1. The standard InChI is InChI=1S/C15H12Cl3N3O2/c16-10-7-12(17)15(13(18)8-10)23-6-5-21-14(22)2-1-11-9-19-3-4-20-11/h1-4,7-9H,5-6H2,(H,21,22). The average molecular weight is 373 g/mol. The molecule has 0 fully saturated rings. The molecule has 23 heavy (non-hydrogen) atoms. The molecule has 120 valence electrons. The first-order valence-corrected chi connectivity index (χ1v) is 7.69. The Labute approximate surface area is 148 Å². The van der Waals surface area contributed by atoms with Crippen LogP contribution in [-0.4, -0.2) is 29.0 Å². The van der Waals surface area contributed by atoms with Gasteiger partial charge in [-0.05, 0) is 18.2 Å². The smallest absolute Gasteiger partial charge is 0.244 e. The predicted molar refractivity (Wildman–Crippen MR) is 91.0 cm³/mol. The van der Waals surface area contributed by atoms with E-state index >= 15 is 0 Å². The Bertz CT molecular complexity index is 685. The van der Waals surface area contributed by atoms with Gasteiger partial charge in [0.05, 0.1) is 28.5 Å². The van der Waals surface area contributed by atoms with Crippen LogP contribution in [0.5, 0.6) is 5.75 Å². The Morgan fingerprint density at radius 1 is 1.22 bits per heavy atom. The van der Waals surface area contributed by atoms with Crippen molar-refractivity contribution < 1.29 is 9.53 Å². The van der Waals surface area contributed by atoms with E-state index in [9.17, 15) is 4.79 Å². The minimum Gasteiger partial charge on any atom is -0.489 e. The van der Waals surface area contributed by atoms with E-state index in [0.717, 1.165) is 0 Å². The molecular weight excluding hydrogens is 361 g/mol. The summed E-state index contributed by atoms with van der Waals surface area (Å²) in [5.41, 5.74) is 0.596. The maximum absolute atomic E-state index is 11.6. The van der Waals surface area contributed by atoms with Crippen LogP contribution >= 0.6 is 34.8 Å². The Morgan fingerprint density at radius 2 is 1.96 bits per heavy atom. The van der Waals surface area contributed by atoms with Crippen molar-refractivity contribution in [3.63, 3.8) is 0 Å². The molecule has 0 atom stereocenters. The van der Waals surface area contributed by atoms with Gasteiger partial charge in [-0.15, -0.1) is 0 Å². The first-order valence-electron chi connectivity index (χ1n) is 6.55. The third-order valence-corrected chi connectivity index (χ3v) is 3.38. The lowest BCUT2D eigenvalue weighted by molar-refractivity contribution is -0.116. The number of ether oxygens (including phenoxy) is 1. The molecule has 0 aliphatic heterocycles. The lowest BCUT2D eigenvalue weighted by Gasteiger charge is -2.10. The van der Waals surface area contributed by atoms with Gasteiger partial charge in [-0.3, -0.25) is 14.8 Å². The van der Waals surface area contributed by atoms with Crippen molar-refractivity contribution in [1.29, 1.82) is 0 Å². The van der Waals surface area contributed by atoms with E-state index in [4.69, 9.17) is 39.5 Å². The van der Waals surface area contributed by atoms with Crippen molar-refractivity contribution >= 4 is 46.8 Å². The summed E-state index contributed by atoms with van der Waals surface area (Å²) < 4.78 is 5.45. The van der Waals surface area contributed by atoms with E-state index in [1.165, 1.54) is 18.2 Å². The molecule has 2 rings (SSSR count). The Balaban J connectivity index is 1.77. The number of nitrogens with zero attached hydrogens (tertiary/aromatic N) is 2. The topological polar surface area (TPSA) is 64.1 Å². The van der Waals surface area contributed by atoms with Gasteiger partial charge in [0.15, 0.2) is 5.75 Å². The van der Waals surface area contributed by atoms with Crippen LogP contribution in [-0.2, 0) is 4.79 Å². The molecule has 0 saturated carbocycles. The summed E-state index contributed by atoms with van der Waals surface area (Å²) in [6.45, 7) is 0.505. The van der Waals surface area contributed by atoms with E-state index in [2.05, 4.69) is 15.3 Å². The summed E-state index contributed by atoms with van der Waals surface area (Å²) >= 11 is 17.8. The molecule has 0 bridgehead atoms. The number of halogens is 3. The molecule has 0 spiro atoms. The molecule has 0 radical (unpaired) electrons. The first kappa shape index (κ1) is 17.5. The molecule has 0 aliphatic rings. The number of rotatable bonds is 6. The van der Waals surface area contributed by atoms with Crippen molar-refractivity contribution in [1.82, 2.24) is 15.3 Å². The van der Waals surface area contributed by atoms with Crippen molar-refractivity contribution in [3.05, 3.63) is 57.6 Å². The third-order valence-electron chi connectivity index (χ3n) is 2.60. The van der Waals surface area contributed by atoms with Crippen molar-refractivity contribution in [2.45, 2.75) is 0 Å². The summed E-state index contributed by atoms with van der Waals surface area (Å²) in [5.74, 6) is 0.0645. The zero-order valence-electron chi connectivity index (χ0n) is 11.8. The fraction of sp³-hybridized carbons (Fsp3) is 0.133. The van der Waals surface area contributed by atoms with Gasteiger partial charge in [-0.25, -0.2) is 0 Å². The molecule has 8 heteroatoms. The van der Waals surface area contributed by atoms with E-state index < -0.39 is 0 Å². The van der Waals surface area contributed by atoms with E-state index in [0.29, 0.717) is 33.1 Å². The lowest BCUT2D eigenvalue weighted by Crippen LogP contribution is -2.26. The third kappa shape index (κ3) is 5.71. The number of carbonyl (C=O) groups excluding carboxylic acids is 1. The second-order valence-electron chi connectivity index (χ2n) is 4.30. The van der Waals surface area contributed by atoms with Gasteiger partial charge in [0.1, 0.15) is 6.61 Å². The van der Waals surface area contributed by atoms with Crippen LogP contribution in [0.25, 0.3) is 6.08 Å². The number of aromatic nitrogens is 2. The van der Waals surface area contributed by atoms with Gasteiger partial charge >= 0.3 is 0 Å². The molecule has 0 aliphatic carbocycles. The highest BCUT2D eigenvalue weighted by Crippen LogP contribution is 2.35. The molecule has 1 N–H and O–H groups in total. The second kappa shape index (κ2) is 8.72. The molecule has 5 nitrogen and oxygen atoms in total. The normalized spacial score (nSPS) is 10.7. The minimum absolute atomic E-state index is 0.214. The fourth-order valence-electron chi connectivity index (χ4n) is 1.61. The predicted octanol–water partition coefficient (Wildman–Crippen LogP) is 3.65. The second-order valence-corrected chi connectivity index (χ2v) is 5.55. The Hall–Kier alpha value is -1.82. The molecule has 2 aromatic rings. The molecular formula is C15H12Cl3N3O2. The highest BCUT2D eigenvalue weighted by Gasteiger charge is 2.09. The van der Waals surface area contributed by atoms with Gasteiger partial charge in [-0.1, -0.05) is 34.8 Å². The highest BCUT2D eigenvalue weighted by molar-refractivity contribution is 6.40. The summed E-state index contributed by atoms with van der Waals surface area (Å²) in [6.07, 6.45) is 7.59. The van der Waals surface area contributed by atoms with Gasteiger partial charge in [-0.2, -0.15) is 0 Å².